The lowest BCUT2D eigenvalue weighted by Crippen LogP contribution is -2.34. The predicted molar refractivity (Wildman–Crippen MR) is 106 cm³/mol. The molecule has 1 aromatic carbocycles. The fourth-order valence-electron chi connectivity index (χ4n) is 2.23. The second kappa shape index (κ2) is 9.61. The quantitative estimate of drug-likeness (QED) is 0.336. The van der Waals surface area contributed by atoms with Crippen LogP contribution in [0.3, 0.4) is 0 Å². The van der Waals surface area contributed by atoms with Crippen LogP contribution in [0.4, 0.5) is 4.79 Å². The number of hydrogen-bond acceptors (Lipinski definition) is 7. The van der Waals surface area contributed by atoms with Gasteiger partial charge in [-0.05, 0) is 58.4 Å². The Bertz CT molecular complexity index is 807. The molecule has 0 radical (unpaired) electrons. The topological polar surface area (TPSA) is 82.1 Å². The first kappa shape index (κ1) is 21.0. The summed E-state index contributed by atoms with van der Waals surface area (Å²) in [6, 6.07) is 3.42. The number of hydrogen-bond donors (Lipinski definition) is 0. The maximum absolute atomic E-state index is 12.4. The maximum atomic E-state index is 12.4. The molecule has 9 heteroatoms. The molecular formula is C18H18BrNO6S. The number of carbonyl (C=O) groups is 3. The summed E-state index contributed by atoms with van der Waals surface area (Å²) in [6.45, 7) is 5.33. The van der Waals surface area contributed by atoms with Crippen molar-refractivity contribution < 1.29 is 28.6 Å². The molecule has 0 bridgehead atoms. The molecule has 1 fully saturated rings. The van der Waals surface area contributed by atoms with Crippen molar-refractivity contribution in [1.29, 1.82) is 0 Å². The first-order chi connectivity index (χ1) is 12.9. The summed E-state index contributed by atoms with van der Waals surface area (Å²) in [5, 5.41) is -0.517. The normalized spacial score (nSPS) is 15.2. The SMILES string of the molecule is C=CCOc1c(Br)cc(/C=C2\SC(=O)N(CC(=O)OCC)C2=O)cc1OC. The van der Waals surface area contributed by atoms with Crippen LogP contribution in [0.1, 0.15) is 12.5 Å². The van der Waals surface area contributed by atoms with Crippen molar-refractivity contribution in [2.75, 3.05) is 26.9 Å². The third kappa shape index (κ3) is 5.14. The standard InChI is InChI=1S/C18H18BrNO6S/c1-4-6-26-16-12(19)7-11(8-13(16)24-3)9-14-17(22)20(18(23)27-14)10-15(21)25-5-2/h4,7-9H,1,5-6,10H2,2-3H3/b14-9-. The number of nitrogens with zero attached hydrogens (tertiary/aromatic N) is 1. The molecule has 1 heterocycles. The second-order valence-corrected chi connectivity index (χ2v) is 7.05. The van der Waals surface area contributed by atoms with E-state index in [1.165, 1.54) is 7.11 Å². The number of benzene rings is 1. The van der Waals surface area contributed by atoms with Crippen LogP contribution in [0, 0.1) is 0 Å². The number of thioether (sulfide) groups is 1. The van der Waals surface area contributed by atoms with Gasteiger partial charge in [0.1, 0.15) is 13.2 Å². The number of imide groups is 1. The molecule has 0 aromatic heterocycles. The van der Waals surface area contributed by atoms with Gasteiger partial charge in [0.05, 0.1) is 23.1 Å². The second-order valence-electron chi connectivity index (χ2n) is 5.21. The van der Waals surface area contributed by atoms with Gasteiger partial charge in [-0.1, -0.05) is 12.7 Å². The largest absolute Gasteiger partial charge is 0.493 e. The average molecular weight is 456 g/mol. The van der Waals surface area contributed by atoms with Crippen molar-refractivity contribution in [1.82, 2.24) is 4.90 Å². The number of halogens is 1. The van der Waals surface area contributed by atoms with E-state index >= 15 is 0 Å². The fourth-order valence-corrected chi connectivity index (χ4v) is 3.64. The summed E-state index contributed by atoms with van der Waals surface area (Å²) >= 11 is 4.17. The lowest BCUT2D eigenvalue weighted by atomic mass is 10.2. The highest BCUT2D eigenvalue weighted by Gasteiger charge is 2.36. The van der Waals surface area contributed by atoms with Gasteiger partial charge < -0.3 is 14.2 Å². The van der Waals surface area contributed by atoms with Gasteiger partial charge in [-0.15, -0.1) is 0 Å². The number of esters is 1. The molecule has 1 saturated heterocycles. The van der Waals surface area contributed by atoms with Crippen molar-refractivity contribution in [3.05, 3.63) is 39.7 Å². The third-order valence-electron chi connectivity index (χ3n) is 3.36. The number of amides is 2. The zero-order valence-electron chi connectivity index (χ0n) is 14.8. The minimum atomic E-state index is -0.630. The molecule has 0 unspecified atom stereocenters. The van der Waals surface area contributed by atoms with Gasteiger partial charge in [0.15, 0.2) is 11.5 Å². The van der Waals surface area contributed by atoms with E-state index in [0.29, 0.717) is 28.1 Å². The number of rotatable bonds is 8. The van der Waals surface area contributed by atoms with Crippen LogP contribution in [-0.4, -0.2) is 48.9 Å². The van der Waals surface area contributed by atoms with E-state index < -0.39 is 23.7 Å². The van der Waals surface area contributed by atoms with Gasteiger partial charge in [0.25, 0.3) is 11.1 Å². The average Bonchev–Trinajstić information content (AvgIpc) is 2.88. The molecule has 2 rings (SSSR count). The van der Waals surface area contributed by atoms with Crippen LogP contribution in [0.2, 0.25) is 0 Å². The minimum Gasteiger partial charge on any atom is -0.493 e. The van der Waals surface area contributed by atoms with Crippen LogP contribution >= 0.6 is 27.7 Å². The number of ether oxygens (including phenoxy) is 3. The molecule has 0 aliphatic carbocycles. The van der Waals surface area contributed by atoms with E-state index in [4.69, 9.17) is 14.2 Å². The molecule has 0 saturated carbocycles. The van der Waals surface area contributed by atoms with Crippen molar-refractivity contribution >= 4 is 50.9 Å². The van der Waals surface area contributed by atoms with E-state index in [1.54, 1.807) is 31.2 Å². The maximum Gasteiger partial charge on any atom is 0.326 e. The van der Waals surface area contributed by atoms with Gasteiger partial charge in [-0.25, -0.2) is 0 Å². The molecule has 0 N–H and O–H groups in total. The lowest BCUT2D eigenvalue weighted by molar-refractivity contribution is -0.145. The third-order valence-corrected chi connectivity index (χ3v) is 4.86. The summed E-state index contributed by atoms with van der Waals surface area (Å²) in [4.78, 5) is 37.1. The van der Waals surface area contributed by atoms with Crippen molar-refractivity contribution in [3.8, 4) is 11.5 Å². The molecule has 1 aliphatic heterocycles. The molecular weight excluding hydrogens is 438 g/mol. The number of carbonyl (C=O) groups excluding carboxylic acids is 3. The smallest absolute Gasteiger partial charge is 0.326 e. The van der Waals surface area contributed by atoms with Crippen LogP contribution in [-0.2, 0) is 14.3 Å². The zero-order chi connectivity index (χ0) is 20.0. The Morgan fingerprint density at radius 2 is 2.11 bits per heavy atom. The molecule has 0 atom stereocenters. The van der Waals surface area contributed by atoms with E-state index in [0.717, 1.165) is 16.7 Å². The molecule has 0 spiro atoms. The Balaban J connectivity index is 2.26. The highest BCUT2D eigenvalue weighted by Crippen LogP contribution is 2.39. The lowest BCUT2D eigenvalue weighted by Gasteiger charge is -2.12. The Morgan fingerprint density at radius 3 is 2.74 bits per heavy atom. The van der Waals surface area contributed by atoms with Crippen LogP contribution < -0.4 is 9.47 Å². The number of methoxy groups -OCH3 is 1. The summed E-state index contributed by atoms with van der Waals surface area (Å²) < 4.78 is 16.3. The van der Waals surface area contributed by atoms with Crippen molar-refractivity contribution in [2.45, 2.75) is 6.92 Å². The molecule has 144 valence electrons. The van der Waals surface area contributed by atoms with Gasteiger partial charge in [-0.2, -0.15) is 0 Å². The Kier molecular flexibility index (Phi) is 7.49. The summed E-state index contributed by atoms with van der Waals surface area (Å²) in [6.07, 6.45) is 3.17. The van der Waals surface area contributed by atoms with Crippen molar-refractivity contribution in [3.63, 3.8) is 0 Å². The Labute approximate surface area is 169 Å². The van der Waals surface area contributed by atoms with Crippen LogP contribution in [0.15, 0.2) is 34.2 Å². The van der Waals surface area contributed by atoms with Gasteiger partial charge in [0.2, 0.25) is 0 Å². The zero-order valence-corrected chi connectivity index (χ0v) is 17.2. The molecule has 1 aliphatic rings. The van der Waals surface area contributed by atoms with Crippen LogP contribution in [0.5, 0.6) is 11.5 Å². The van der Waals surface area contributed by atoms with Crippen LogP contribution in [0.25, 0.3) is 6.08 Å². The van der Waals surface area contributed by atoms with E-state index in [2.05, 4.69) is 22.5 Å². The fraction of sp³-hybridized carbons (Fsp3) is 0.278. The monoisotopic (exact) mass is 455 g/mol. The van der Waals surface area contributed by atoms with E-state index in [9.17, 15) is 14.4 Å². The van der Waals surface area contributed by atoms with E-state index in [1.807, 2.05) is 0 Å². The minimum absolute atomic E-state index is 0.180. The van der Waals surface area contributed by atoms with Gasteiger partial charge >= 0.3 is 5.97 Å². The molecule has 2 amide bonds. The molecule has 27 heavy (non-hydrogen) atoms. The highest BCUT2D eigenvalue weighted by molar-refractivity contribution is 9.10. The van der Waals surface area contributed by atoms with Gasteiger partial charge in [0, 0.05) is 0 Å². The van der Waals surface area contributed by atoms with Crippen molar-refractivity contribution in [2.24, 2.45) is 0 Å². The van der Waals surface area contributed by atoms with E-state index in [-0.39, 0.29) is 11.5 Å². The predicted octanol–water partition coefficient (Wildman–Crippen LogP) is 3.62. The Morgan fingerprint density at radius 1 is 1.37 bits per heavy atom. The summed E-state index contributed by atoms with van der Waals surface area (Å²) in [5.74, 6) is -0.206. The first-order valence-electron chi connectivity index (χ1n) is 7.93. The molecule has 1 aromatic rings. The summed E-state index contributed by atoms with van der Waals surface area (Å²) in [7, 11) is 1.50. The highest BCUT2D eigenvalue weighted by atomic mass is 79.9. The molecule has 7 nitrogen and oxygen atoms in total. The summed E-state index contributed by atoms with van der Waals surface area (Å²) in [5.41, 5.74) is 0.631. The first-order valence-corrected chi connectivity index (χ1v) is 9.54. The Hall–Kier alpha value is -2.26. The van der Waals surface area contributed by atoms with Gasteiger partial charge in [-0.3, -0.25) is 19.3 Å².